The standard InChI is InChI=1S/C11H17N7O3/c1-16-11(10(6-13-16)18(19)20)17-4-3-8(14-15-12)5-9(7-17)21-2/h6,8-9H,3-5,7H2,1-2H3. The molecule has 1 aliphatic rings. The van der Waals surface area contributed by atoms with Crippen LogP contribution in [0.2, 0.25) is 0 Å². The molecule has 1 aromatic heterocycles. The summed E-state index contributed by atoms with van der Waals surface area (Å²) in [5.41, 5.74) is 8.55. The van der Waals surface area contributed by atoms with Crippen molar-refractivity contribution in [3.63, 3.8) is 0 Å². The summed E-state index contributed by atoms with van der Waals surface area (Å²) in [6.07, 6.45) is 2.31. The van der Waals surface area contributed by atoms with Crippen LogP contribution in [0.5, 0.6) is 0 Å². The van der Waals surface area contributed by atoms with E-state index in [1.54, 1.807) is 14.2 Å². The summed E-state index contributed by atoms with van der Waals surface area (Å²) in [7, 11) is 3.25. The van der Waals surface area contributed by atoms with Gasteiger partial charge in [0.05, 0.1) is 11.0 Å². The van der Waals surface area contributed by atoms with Crippen LogP contribution in [0.1, 0.15) is 12.8 Å². The van der Waals surface area contributed by atoms with Crippen molar-refractivity contribution in [2.45, 2.75) is 25.0 Å². The van der Waals surface area contributed by atoms with E-state index in [2.05, 4.69) is 15.1 Å². The molecule has 0 radical (unpaired) electrons. The molecule has 0 N–H and O–H groups in total. The van der Waals surface area contributed by atoms with Gasteiger partial charge in [-0.25, -0.2) is 4.68 Å². The lowest BCUT2D eigenvalue weighted by molar-refractivity contribution is -0.384. The van der Waals surface area contributed by atoms with Gasteiger partial charge in [0, 0.05) is 38.2 Å². The van der Waals surface area contributed by atoms with Crippen LogP contribution in [0.3, 0.4) is 0 Å². The summed E-state index contributed by atoms with van der Waals surface area (Å²) in [4.78, 5) is 15.4. The Hall–Kier alpha value is -2.32. The molecule has 0 aliphatic carbocycles. The molecule has 10 nitrogen and oxygen atoms in total. The van der Waals surface area contributed by atoms with Crippen molar-refractivity contribution in [2.24, 2.45) is 12.2 Å². The summed E-state index contributed by atoms with van der Waals surface area (Å²) in [6, 6.07) is -0.169. The Balaban J connectivity index is 2.29. The fraction of sp³-hybridized carbons (Fsp3) is 0.727. The minimum absolute atomic E-state index is 0.0328. The van der Waals surface area contributed by atoms with Crippen LogP contribution in [0.4, 0.5) is 11.5 Å². The molecule has 2 unspecified atom stereocenters. The average molecular weight is 295 g/mol. The molecule has 10 heteroatoms. The summed E-state index contributed by atoms with van der Waals surface area (Å²) < 4.78 is 6.88. The highest BCUT2D eigenvalue weighted by Gasteiger charge is 2.30. The van der Waals surface area contributed by atoms with Crippen LogP contribution in [-0.4, -0.2) is 47.0 Å². The molecule has 1 aromatic rings. The number of aryl methyl sites for hydroxylation is 1. The molecule has 21 heavy (non-hydrogen) atoms. The van der Waals surface area contributed by atoms with Gasteiger partial charge in [-0.15, -0.1) is 0 Å². The highest BCUT2D eigenvalue weighted by atomic mass is 16.6. The Morgan fingerprint density at radius 1 is 1.67 bits per heavy atom. The number of azide groups is 1. The predicted molar refractivity (Wildman–Crippen MR) is 75.0 cm³/mol. The first-order valence-corrected chi connectivity index (χ1v) is 6.55. The highest BCUT2D eigenvalue weighted by molar-refractivity contribution is 5.57. The van der Waals surface area contributed by atoms with Gasteiger partial charge in [0.2, 0.25) is 5.82 Å². The minimum Gasteiger partial charge on any atom is -0.380 e. The molecule has 1 aliphatic heterocycles. The fourth-order valence-electron chi connectivity index (χ4n) is 2.59. The van der Waals surface area contributed by atoms with E-state index < -0.39 is 4.92 Å². The molecule has 0 spiro atoms. The lowest BCUT2D eigenvalue weighted by atomic mass is 10.1. The van der Waals surface area contributed by atoms with Gasteiger partial charge in [0.25, 0.3) is 0 Å². The van der Waals surface area contributed by atoms with Gasteiger partial charge < -0.3 is 9.64 Å². The van der Waals surface area contributed by atoms with Crippen LogP contribution in [-0.2, 0) is 11.8 Å². The molecule has 2 atom stereocenters. The molecule has 0 amide bonds. The number of rotatable bonds is 4. The molecule has 2 rings (SSSR count). The molecule has 0 bridgehead atoms. The van der Waals surface area contributed by atoms with Crippen LogP contribution in [0, 0.1) is 10.1 Å². The fourth-order valence-corrected chi connectivity index (χ4v) is 2.59. The third-order valence-electron chi connectivity index (χ3n) is 3.62. The van der Waals surface area contributed by atoms with E-state index in [1.165, 1.54) is 10.9 Å². The molecule has 0 aromatic carbocycles. The Morgan fingerprint density at radius 2 is 2.43 bits per heavy atom. The molecule has 114 valence electrons. The quantitative estimate of drug-likeness (QED) is 0.274. The lowest BCUT2D eigenvalue weighted by Crippen LogP contribution is -2.33. The molecular formula is C11H17N7O3. The Labute approximate surface area is 121 Å². The highest BCUT2D eigenvalue weighted by Crippen LogP contribution is 2.30. The van der Waals surface area contributed by atoms with Crippen molar-refractivity contribution in [3.8, 4) is 0 Å². The van der Waals surface area contributed by atoms with E-state index in [4.69, 9.17) is 10.3 Å². The monoisotopic (exact) mass is 295 g/mol. The number of aromatic nitrogens is 2. The van der Waals surface area contributed by atoms with Gasteiger partial charge in [0.1, 0.15) is 6.20 Å². The van der Waals surface area contributed by atoms with Gasteiger partial charge >= 0.3 is 5.69 Å². The van der Waals surface area contributed by atoms with E-state index in [-0.39, 0.29) is 17.8 Å². The van der Waals surface area contributed by atoms with Crippen LogP contribution >= 0.6 is 0 Å². The molecule has 1 fully saturated rings. The van der Waals surface area contributed by atoms with Crippen molar-refractivity contribution in [1.82, 2.24) is 9.78 Å². The lowest BCUT2D eigenvalue weighted by Gasteiger charge is -2.24. The zero-order valence-electron chi connectivity index (χ0n) is 11.9. The maximum absolute atomic E-state index is 11.1. The smallest absolute Gasteiger partial charge is 0.331 e. The Bertz CT molecular complexity index is 566. The van der Waals surface area contributed by atoms with Crippen molar-refractivity contribution < 1.29 is 9.66 Å². The second-order valence-corrected chi connectivity index (χ2v) is 4.92. The Kier molecular flexibility index (Phi) is 4.61. The van der Waals surface area contributed by atoms with Crippen molar-refractivity contribution in [3.05, 3.63) is 26.8 Å². The van der Waals surface area contributed by atoms with E-state index in [0.29, 0.717) is 31.7 Å². The number of nitrogens with zero attached hydrogens (tertiary/aromatic N) is 7. The Morgan fingerprint density at radius 3 is 3.05 bits per heavy atom. The van der Waals surface area contributed by atoms with Crippen molar-refractivity contribution in [1.29, 1.82) is 0 Å². The summed E-state index contributed by atoms with van der Waals surface area (Å²) in [6.45, 7) is 1.04. The third-order valence-corrected chi connectivity index (χ3v) is 3.62. The van der Waals surface area contributed by atoms with Crippen molar-refractivity contribution >= 4 is 11.5 Å². The number of anilines is 1. The van der Waals surface area contributed by atoms with E-state index in [1.807, 2.05) is 4.90 Å². The topological polar surface area (TPSA) is 122 Å². The number of ether oxygens (including phenoxy) is 1. The molecular weight excluding hydrogens is 278 g/mol. The third kappa shape index (κ3) is 3.23. The van der Waals surface area contributed by atoms with E-state index in [0.717, 1.165) is 0 Å². The van der Waals surface area contributed by atoms with Crippen LogP contribution in [0.15, 0.2) is 11.3 Å². The largest absolute Gasteiger partial charge is 0.380 e. The number of methoxy groups -OCH3 is 1. The maximum atomic E-state index is 11.1. The van der Waals surface area contributed by atoms with E-state index >= 15 is 0 Å². The van der Waals surface area contributed by atoms with Crippen LogP contribution in [0.25, 0.3) is 10.4 Å². The van der Waals surface area contributed by atoms with Gasteiger partial charge in [-0.1, -0.05) is 5.11 Å². The summed E-state index contributed by atoms with van der Waals surface area (Å²) >= 11 is 0. The molecule has 2 heterocycles. The summed E-state index contributed by atoms with van der Waals surface area (Å²) in [5, 5.41) is 18.8. The second kappa shape index (κ2) is 6.42. The van der Waals surface area contributed by atoms with E-state index in [9.17, 15) is 10.1 Å². The zero-order chi connectivity index (χ0) is 15.4. The second-order valence-electron chi connectivity index (χ2n) is 4.92. The average Bonchev–Trinajstić information content (AvgIpc) is 2.72. The van der Waals surface area contributed by atoms with Gasteiger partial charge in [-0.2, -0.15) is 5.10 Å². The normalized spacial score (nSPS) is 22.5. The first-order valence-electron chi connectivity index (χ1n) is 6.55. The summed E-state index contributed by atoms with van der Waals surface area (Å²) in [5.74, 6) is 0.448. The van der Waals surface area contributed by atoms with Crippen molar-refractivity contribution in [2.75, 3.05) is 25.1 Å². The van der Waals surface area contributed by atoms with Crippen LogP contribution < -0.4 is 4.90 Å². The minimum atomic E-state index is -0.444. The first kappa shape index (κ1) is 15.1. The van der Waals surface area contributed by atoms with Gasteiger partial charge in [-0.3, -0.25) is 10.1 Å². The molecule has 1 saturated heterocycles. The maximum Gasteiger partial charge on any atom is 0.331 e. The zero-order valence-corrected chi connectivity index (χ0v) is 11.9. The predicted octanol–water partition coefficient (Wildman–Crippen LogP) is 1.62. The molecule has 0 saturated carbocycles. The van der Waals surface area contributed by atoms with Gasteiger partial charge in [-0.05, 0) is 18.4 Å². The first-order chi connectivity index (χ1) is 10.1. The SMILES string of the molecule is COC1CC(N=[N+]=[N-])CCN(c2c([N+](=O)[O-])cnn2C)C1. The number of hydrogen-bond acceptors (Lipinski definition) is 6. The number of hydrogen-bond donors (Lipinski definition) is 0. The van der Waals surface area contributed by atoms with Gasteiger partial charge in [0.15, 0.2) is 0 Å². The number of nitro groups is 1.